The summed E-state index contributed by atoms with van der Waals surface area (Å²) in [5, 5.41) is 5.49. The minimum atomic E-state index is -0.683. The number of rotatable bonds is 7. The molecule has 3 aromatic carbocycles. The summed E-state index contributed by atoms with van der Waals surface area (Å²) in [6.07, 6.45) is 0. The van der Waals surface area contributed by atoms with Crippen LogP contribution >= 0.6 is 11.6 Å². The van der Waals surface area contributed by atoms with Crippen LogP contribution in [0.25, 0.3) is 10.8 Å². The summed E-state index contributed by atoms with van der Waals surface area (Å²) in [5.41, 5.74) is 0.432. The van der Waals surface area contributed by atoms with E-state index in [1.165, 1.54) is 4.90 Å². The van der Waals surface area contributed by atoms with Gasteiger partial charge >= 0.3 is 0 Å². The van der Waals surface area contributed by atoms with Crippen LogP contribution in [0.4, 0.5) is 0 Å². The van der Waals surface area contributed by atoms with Crippen molar-refractivity contribution in [2.24, 2.45) is 0 Å². The molecule has 1 N–H and O–H groups in total. The topological polar surface area (TPSA) is 58.6 Å². The highest BCUT2D eigenvalue weighted by Crippen LogP contribution is 2.25. The van der Waals surface area contributed by atoms with E-state index in [1.807, 2.05) is 75.4 Å². The number of ether oxygens (including phenoxy) is 1. The van der Waals surface area contributed by atoms with Gasteiger partial charge in [-0.15, -0.1) is 0 Å². The number of nitrogens with zero attached hydrogens (tertiary/aromatic N) is 1. The summed E-state index contributed by atoms with van der Waals surface area (Å²) in [4.78, 5) is 27.6. The smallest absolute Gasteiger partial charge is 0.261 e. The number of hydrogen-bond acceptors (Lipinski definition) is 3. The van der Waals surface area contributed by atoms with Crippen LogP contribution < -0.4 is 10.1 Å². The van der Waals surface area contributed by atoms with Gasteiger partial charge in [-0.2, -0.15) is 0 Å². The van der Waals surface area contributed by atoms with E-state index in [4.69, 9.17) is 16.3 Å². The van der Waals surface area contributed by atoms with E-state index >= 15 is 0 Å². The molecule has 0 unspecified atom stereocenters. The molecule has 0 spiro atoms. The van der Waals surface area contributed by atoms with Crippen molar-refractivity contribution in [3.05, 3.63) is 77.3 Å². The first-order valence-corrected chi connectivity index (χ1v) is 11.0. The first-order valence-electron chi connectivity index (χ1n) is 10.6. The van der Waals surface area contributed by atoms with Gasteiger partial charge in [0.2, 0.25) is 5.91 Å². The van der Waals surface area contributed by atoms with Crippen LogP contribution in [0.1, 0.15) is 33.3 Å². The van der Waals surface area contributed by atoms with E-state index < -0.39 is 11.6 Å². The number of halogens is 1. The highest BCUT2D eigenvalue weighted by Gasteiger charge is 2.28. The van der Waals surface area contributed by atoms with Crippen molar-refractivity contribution >= 4 is 34.2 Å². The number of fused-ring (bicyclic) bond motifs is 1. The highest BCUT2D eigenvalue weighted by molar-refractivity contribution is 6.30. The molecule has 0 aliphatic carbocycles. The first-order chi connectivity index (χ1) is 15.1. The maximum Gasteiger partial charge on any atom is 0.261 e. The van der Waals surface area contributed by atoms with Crippen molar-refractivity contribution in [1.29, 1.82) is 0 Å². The van der Waals surface area contributed by atoms with Crippen molar-refractivity contribution in [2.45, 2.75) is 45.8 Å². The second-order valence-corrected chi connectivity index (χ2v) is 9.27. The number of carbonyl (C=O) groups excluding carboxylic acids is 2. The van der Waals surface area contributed by atoms with Gasteiger partial charge in [-0.25, -0.2) is 0 Å². The van der Waals surface area contributed by atoms with Crippen LogP contribution in [0, 0.1) is 0 Å². The van der Waals surface area contributed by atoms with Gasteiger partial charge in [0.25, 0.3) is 5.91 Å². The minimum absolute atomic E-state index is 0.179. The largest absolute Gasteiger partial charge is 0.483 e. The molecular formula is C26H29ClN2O3. The third kappa shape index (κ3) is 6.24. The molecule has 0 bridgehead atoms. The van der Waals surface area contributed by atoms with Gasteiger partial charge in [-0.1, -0.05) is 60.1 Å². The molecule has 3 aromatic rings. The summed E-state index contributed by atoms with van der Waals surface area (Å²) < 4.78 is 5.91. The van der Waals surface area contributed by atoms with E-state index in [-0.39, 0.29) is 25.0 Å². The summed E-state index contributed by atoms with van der Waals surface area (Å²) >= 11 is 6.13. The molecule has 6 heteroatoms. The molecule has 168 valence electrons. The Morgan fingerprint density at radius 2 is 1.72 bits per heavy atom. The highest BCUT2D eigenvalue weighted by atomic mass is 35.5. The summed E-state index contributed by atoms with van der Waals surface area (Å²) in [5.74, 6) is 0.124. The van der Waals surface area contributed by atoms with Crippen molar-refractivity contribution in [3.63, 3.8) is 0 Å². The lowest BCUT2D eigenvalue weighted by atomic mass is 10.1. The number of nitrogens with one attached hydrogen (secondary N) is 1. The van der Waals surface area contributed by atoms with Crippen molar-refractivity contribution in [2.75, 3.05) is 6.61 Å². The molecule has 2 amide bonds. The molecule has 5 nitrogen and oxygen atoms in total. The fourth-order valence-electron chi connectivity index (χ4n) is 3.43. The Labute approximate surface area is 194 Å². The quantitative estimate of drug-likeness (QED) is 0.535. The van der Waals surface area contributed by atoms with E-state index in [0.29, 0.717) is 10.8 Å². The zero-order chi connectivity index (χ0) is 23.3. The van der Waals surface area contributed by atoms with Gasteiger partial charge in [-0.3, -0.25) is 9.59 Å². The van der Waals surface area contributed by atoms with E-state index in [0.717, 1.165) is 16.3 Å². The van der Waals surface area contributed by atoms with Crippen LogP contribution in [-0.2, 0) is 16.1 Å². The number of hydrogen-bond donors (Lipinski definition) is 1. The van der Waals surface area contributed by atoms with Gasteiger partial charge in [0.1, 0.15) is 11.8 Å². The predicted octanol–water partition coefficient (Wildman–Crippen LogP) is 5.20. The monoisotopic (exact) mass is 452 g/mol. The summed E-state index contributed by atoms with van der Waals surface area (Å²) in [6.45, 7) is 7.51. The third-order valence-electron chi connectivity index (χ3n) is 5.01. The SMILES string of the molecule is C[C@@H](C(=O)NC(C)(C)C)N(Cc1cccc(Cl)c1)C(=O)COc1cccc2ccccc12. The van der Waals surface area contributed by atoms with Crippen molar-refractivity contribution in [3.8, 4) is 5.75 Å². The summed E-state index contributed by atoms with van der Waals surface area (Å²) in [7, 11) is 0. The van der Waals surface area contributed by atoms with Gasteiger partial charge < -0.3 is 15.0 Å². The molecule has 0 heterocycles. The third-order valence-corrected chi connectivity index (χ3v) is 5.24. The molecular weight excluding hydrogens is 424 g/mol. The Kier molecular flexibility index (Phi) is 7.41. The maximum atomic E-state index is 13.2. The zero-order valence-corrected chi connectivity index (χ0v) is 19.6. The Balaban J connectivity index is 1.81. The Bertz CT molecular complexity index is 1100. The Hall–Kier alpha value is -3.05. The van der Waals surface area contributed by atoms with E-state index in [1.54, 1.807) is 19.1 Å². The van der Waals surface area contributed by atoms with Crippen LogP contribution in [0.5, 0.6) is 5.75 Å². The lowest BCUT2D eigenvalue weighted by Gasteiger charge is -2.31. The molecule has 1 atom stereocenters. The maximum absolute atomic E-state index is 13.2. The van der Waals surface area contributed by atoms with Gasteiger partial charge in [-0.05, 0) is 56.8 Å². The molecule has 32 heavy (non-hydrogen) atoms. The molecule has 0 aliphatic heterocycles. The second kappa shape index (κ2) is 10.0. The van der Waals surface area contributed by atoms with Gasteiger partial charge in [0.05, 0.1) is 0 Å². The molecule has 0 saturated carbocycles. The number of amides is 2. The molecule has 0 fully saturated rings. The Morgan fingerprint density at radius 1 is 1.03 bits per heavy atom. The van der Waals surface area contributed by atoms with Gasteiger partial charge in [0.15, 0.2) is 6.61 Å². The average molecular weight is 453 g/mol. The first kappa shape index (κ1) is 23.6. The predicted molar refractivity (Wildman–Crippen MR) is 129 cm³/mol. The molecule has 0 saturated heterocycles. The molecule has 3 rings (SSSR count). The lowest BCUT2D eigenvalue weighted by Crippen LogP contribution is -2.53. The fraction of sp³-hybridized carbons (Fsp3) is 0.308. The van der Waals surface area contributed by atoms with E-state index in [9.17, 15) is 9.59 Å². The van der Waals surface area contributed by atoms with Crippen LogP contribution in [-0.4, -0.2) is 34.9 Å². The lowest BCUT2D eigenvalue weighted by molar-refractivity contribution is -0.142. The fourth-order valence-corrected chi connectivity index (χ4v) is 3.65. The minimum Gasteiger partial charge on any atom is -0.483 e. The van der Waals surface area contributed by atoms with Crippen molar-refractivity contribution < 1.29 is 14.3 Å². The van der Waals surface area contributed by atoms with Crippen LogP contribution in [0.15, 0.2) is 66.7 Å². The standard InChI is InChI=1S/C26H29ClN2O3/c1-18(25(31)28-26(2,3)4)29(16-19-9-7-12-21(27)15-19)24(30)17-32-23-14-8-11-20-10-5-6-13-22(20)23/h5-15,18H,16-17H2,1-4H3,(H,28,31)/t18-/m0/s1. The zero-order valence-electron chi connectivity index (χ0n) is 18.9. The average Bonchev–Trinajstić information content (AvgIpc) is 2.74. The van der Waals surface area contributed by atoms with Crippen LogP contribution in [0.2, 0.25) is 5.02 Å². The molecule has 0 radical (unpaired) electrons. The normalized spacial score (nSPS) is 12.3. The molecule has 0 aromatic heterocycles. The molecule has 0 aliphatic rings. The van der Waals surface area contributed by atoms with Gasteiger partial charge in [0, 0.05) is 22.5 Å². The number of benzene rings is 3. The van der Waals surface area contributed by atoms with Crippen molar-refractivity contribution in [1.82, 2.24) is 10.2 Å². The summed E-state index contributed by atoms with van der Waals surface area (Å²) in [6, 6.07) is 20.2. The Morgan fingerprint density at radius 3 is 2.44 bits per heavy atom. The second-order valence-electron chi connectivity index (χ2n) is 8.83. The van der Waals surface area contributed by atoms with E-state index in [2.05, 4.69) is 5.32 Å². The number of carbonyl (C=O) groups is 2. The van der Waals surface area contributed by atoms with Crippen LogP contribution in [0.3, 0.4) is 0 Å².